The zero-order valence-electron chi connectivity index (χ0n) is 20.2. The number of carbonyl (C=O) groups is 1. The first-order chi connectivity index (χ1) is 16.7. The van der Waals surface area contributed by atoms with Crippen LogP contribution in [0.1, 0.15) is 50.4 Å². The topological polar surface area (TPSA) is 87.4 Å². The Hall–Kier alpha value is -2.42. The maximum absolute atomic E-state index is 11.7. The van der Waals surface area contributed by atoms with Crippen molar-refractivity contribution in [2.45, 2.75) is 58.2 Å². The van der Waals surface area contributed by atoms with Gasteiger partial charge in [0.2, 0.25) is 0 Å². The summed E-state index contributed by atoms with van der Waals surface area (Å²) in [5.74, 6) is 0.432. The molecule has 186 valence electrons. The Kier molecular flexibility index (Phi) is 6.63. The Labute approximate surface area is 214 Å². The highest BCUT2D eigenvalue weighted by Gasteiger charge is 2.40. The van der Waals surface area contributed by atoms with Crippen LogP contribution in [0.15, 0.2) is 24.4 Å². The predicted molar refractivity (Wildman–Crippen MR) is 137 cm³/mol. The molecule has 4 unspecified atom stereocenters. The van der Waals surface area contributed by atoms with Gasteiger partial charge in [-0.05, 0) is 63.3 Å². The van der Waals surface area contributed by atoms with E-state index in [1.165, 1.54) is 0 Å². The van der Waals surface area contributed by atoms with E-state index in [0.717, 1.165) is 67.1 Å². The lowest BCUT2D eigenvalue weighted by molar-refractivity contribution is -0.143. The van der Waals surface area contributed by atoms with Gasteiger partial charge in [0.15, 0.2) is 5.65 Å². The second-order valence-electron chi connectivity index (χ2n) is 9.79. The predicted octanol–water partition coefficient (Wildman–Crippen LogP) is 4.81. The highest BCUT2D eigenvalue weighted by molar-refractivity contribution is 6.35. The average molecular weight is 517 g/mol. The number of hydrogen-bond acceptors (Lipinski definition) is 6. The summed E-state index contributed by atoms with van der Waals surface area (Å²) >= 11 is 12.6. The molecule has 10 heteroatoms. The summed E-state index contributed by atoms with van der Waals surface area (Å²) in [5.41, 5.74) is 3.23. The number of anilines is 1. The van der Waals surface area contributed by atoms with Gasteiger partial charge in [0.25, 0.3) is 0 Å². The minimum Gasteiger partial charge on any atom is -0.480 e. The number of aromatic nitrogens is 4. The third-order valence-electron chi connectivity index (χ3n) is 7.53. The number of carboxylic acids is 1. The van der Waals surface area contributed by atoms with Gasteiger partial charge >= 0.3 is 5.97 Å². The lowest BCUT2D eigenvalue weighted by Gasteiger charge is -2.43. The number of halogens is 2. The van der Waals surface area contributed by atoms with E-state index in [0.29, 0.717) is 16.0 Å². The summed E-state index contributed by atoms with van der Waals surface area (Å²) < 4.78 is 1.88. The molecule has 0 spiro atoms. The summed E-state index contributed by atoms with van der Waals surface area (Å²) in [6.45, 7) is 8.66. The van der Waals surface area contributed by atoms with Crippen molar-refractivity contribution in [3.8, 4) is 0 Å². The number of carboxylic acid groups (broad SMARTS) is 1. The zero-order chi connectivity index (χ0) is 24.9. The second kappa shape index (κ2) is 9.56. The second-order valence-corrected chi connectivity index (χ2v) is 10.6. The molecule has 8 nitrogen and oxygen atoms in total. The standard InChI is InChI=1S/C25H30Cl2N6O2/c1-14-13-31(10-8-20(14)32-9-4-5-21(32)25(34)35)22-12-28-23-15(2)30-33(24(23)29-22)16(3)18-7-6-17(26)11-19(18)27/h6-7,11-12,14,16,20-21H,4-5,8-10,13H2,1-3H3,(H,34,35). The number of aryl methyl sites for hydroxylation is 1. The molecule has 2 fully saturated rings. The number of aliphatic carboxylic acids is 1. The largest absolute Gasteiger partial charge is 0.480 e. The molecule has 2 aliphatic heterocycles. The molecule has 4 atom stereocenters. The van der Waals surface area contributed by atoms with Gasteiger partial charge in [-0.3, -0.25) is 9.69 Å². The zero-order valence-corrected chi connectivity index (χ0v) is 21.7. The molecule has 5 rings (SSSR count). The van der Waals surface area contributed by atoms with Gasteiger partial charge in [0, 0.05) is 29.2 Å². The van der Waals surface area contributed by atoms with Crippen LogP contribution in [0.5, 0.6) is 0 Å². The van der Waals surface area contributed by atoms with Crippen LogP contribution in [-0.4, -0.2) is 67.4 Å². The summed E-state index contributed by atoms with van der Waals surface area (Å²) in [6.07, 6.45) is 4.42. The molecule has 0 aliphatic carbocycles. The number of benzene rings is 1. The van der Waals surface area contributed by atoms with Gasteiger partial charge in [-0.2, -0.15) is 5.10 Å². The number of nitrogens with zero attached hydrogens (tertiary/aromatic N) is 6. The Morgan fingerprint density at radius 1 is 1.23 bits per heavy atom. The van der Waals surface area contributed by atoms with Gasteiger partial charge in [0.1, 0.15) is 17.4 Å². The van der Waals surface area contributed by atoms with Crippen LogP contribution in [0.3, 0.4) is 0 Å². The molecular formula is C25H30Cl2N6O2. The number of piperidine rings is 1. The van der Waals surface area contributed by atoms with Crippen molar-refractivity contribution in [2.24, 2.45) is 5.92 Å². The van der Waals surface area contributed by atoms with Crippen LogP contribution < -0.4 is 4.90 Å². The lowest BCUT2D eigenvalue weighted by atomic mass is 9.91. The third-order valence-corrected chi connectivity index (χ3v) is 8.09. The van der Waals surface area contributed by atoms with E-state index in [4.69, 9.17) is 38.3 Å². The highest BCUT2D eigenvalue weighted by atomic mass is 35.5. The molecule has 35 heavy (non-hydrogen) atoms. The minimum absolute atomic E-state index is 0.145. The minimum atomic E-state index is -0.702. The molecule has 2 aliphatic rings. The Bertz CT molecular complexity index is 1260. The van der Waals surface area contributed by atoms with Gasteiger partial charge in [-0.1, -0.05) is 36.2 Å². The summed E-state index contributed by atoms with van der Waals surface area (Å²) in [6, 6.07) is 5.26. The molecule has 4 heterocycles. The molecule has 3 aromatic rings. The molecule has 2 saturated heterocycles. The van der Waals surface area contributed by atoms with E-state index in [1.54, 1.807) is 6.07 Å². The van der Waals surface area contributed by atoms with Crippen molar-refractivity contribution < 1.29 is 9.90 Å². The lowest BCUT2D eigenvalue weighted by Crippen LogP contribution is -2.53. The quantitative estimate of drug-likeness (QED) is 0.520. The molecule has 0 saturated carbocycles. The highest BCUT2D eigenvalue weighted by Crippen LogP contribution is 2.33. The van der Waals surface area contributed by atoms with E-state index in [2.05, 4.69) is 16.7 Å². The molecule has 0 radical (unpaired) electrons. The fraction of sp³-hybridized carbons (Fsp3) is 0.520. The molecule has 0 amide bonds. The third kappa shape index (κ3) is 4.47. The fourth-order valence-corrected chi connectivity index (χ4v) is 6.29. The van der Waals surface area contributed by atoms with Crippen LogP contribution in [0, 0.1) is 12.8 Å². The van der Waals surface area contributed by atoms with Gasteiger partial charge < -0.3 is 10.0 Å². The van der Waals surface area contributed by atoms with Gasteiger partial charge in [-0.25, -0.2) is 14.6 Å². The smallest absolute Gasteiger partial charge is 0.320 e. The maximum atomic E-state index is 11.7. The van der Waals surface area contributed by atoms with E-state index in [1.807, 2.05) is 36.9 Å². The van der Waals surface area contributed by atoms with Crippen molar-refractivity contribution in [1.82, 2.24) is 24.6 Å². The molecule has 1 aromatic carbocycles. The van der Waals surface area contributed by atoms with E-state index in [9.17, 15) is 9.90 Å². The Morgan fingerprint density at radius 3 is 2.74 bits per heavy atom. The van der Waals surface area contributed by atoms with Crippen LogP contribution in [0.2, 0.25) is 10.0 Å². The van der Waals surface area contributed by atoms with Crippen LogP contribution >= 0.6 is 23.2 Å². The van der Waals surface area contributed by atoms with E-state index < -0.39 is 5.97 Å². The molecule has 2 aromatic heterocycles. The van der Waals surface area contributed by atoms with Crippen molar-refractivity contribution in [3.63, 3.8) is 0 Å². The average Bonchev–Trinajstić information content (AvgIpc) is 3.43. The summed E-state index contributed by atoms with van der Waals surface area (Å²) in [7, 11) is 0. The SMILES string of the molecule is Cc1nn(C(C)c2ccc(Cl)cc2Cl)c2nc(N3CCC(N4CCCC4C(=O)O)C(C)C3)cnc12. The van der Waals surface area contributed by atoms with Crippen molar-refractivity contribution in [1.29, 1.82) is 0 Å². The summed E-state index contributed by atoms with van der Waals surface area (Å²) in [5, 5.41) is 15.5. The van der Waals surface area contributed by atoms with Gasteiger partial charge in [0.05, 0.1) is 17.9 Å². The Morgan fingerprint density at radius 2 is 2.03 bits per heavy atom. The molecular weight excluding hydrogens is 487 g/mol. The normalized spacial score (nSPS) is 24.3. The van der Waals surface area contributed by atoms with E-state index in [-0.39, 0.29) is 18.1 Å². The fourth-order valence-electron chi connectivity index (χ4n) is 5.72. The van der Waals surface area contributed by atoms with Crippen LogP contribution in [0.25, 0.3) is 11.2 Å². The maximum Gasteiger partial charge on any atom is 0.320 e. The first kappa shape index (κ1) is 24.3. The van der Waals surface area contributed by atoms with Crippen LogP contribution in [0.4, 0.5) is 5.82 Å². The van der Waals surface area contributed by atoms with Crippen molar-refractivity contribution >= 4 is 46.2 Å². The Balaban J connectivity index is 1.41. The number of hydrogen-bond donors (Lipinski definition) is 1. The monoisotopic (exact) mass is 516 g/mol. The number of rotatable bonds is 5. The first-order valence-corrected chi connectivity index (χ1v) is 12.9. The van der Waals surface area contributed by atoms with Crippen LogP contribution in [-0.2, 0) is 4.79 Å². The summed E-state index contributed by atoms with van der Waals surface area (Å²) in [4.78, 5) is 25.9. The molecule has 1 N–H and O–H groups in total. The van der Waals surface area contributed by atoms with Crippen molar-refractivity contribution in [2.75, 3.05) is 24.5 Å². The number of fused-ring (bicyclic) bond motifs is 1. The molecule has 0 bridgehead atoms. The number of likely N-dealkylation sites (tertiary alicyclic amines) is 1. The van der Waals surface area contributed by atoms with E-state index >= 15 is 0 Å². The van der Waals surface area contributed by atoms with Crippen molar-refractivity contribution in [3.05, 3.63) is 45.7 Å². The van der Waals surface area contributed by atoms with Gasteiger partial charge in [-0.15, -0.1) is 0 Å². The first-order valence-electron chi connectivity index (χ1n) is 12.1.